The Morgan fingerprint density at radius 3 is 2.45 bits per heavy atom. The van der Waals surface area contributed by atoms with Crippen LogP contribution in [-0.2, 0) is 14.2 Å². The van der Waals surface area contributed by atoms with Crippen LogP contribution in [0.1, 0.15) is 29.8 Å². The van der Waals surface area contributed by atoms with Gasteiger partial charge in [-0.05, 0) is 75.4 Å². The fraction of sp³-hybridized carbons (Fsp3) is 0.312. The molecule has 0 radical (unpaired) electrons. The number of carbonyl (C=O) groups excluding carboxylic acids is 1. The van der Waals surface area contributed by atoms with Crippen molar-refractivity contribution >= 4 is 22.6 Å². The predicted octanol–water partition coefficient (Wildman–Crippen LogP) is 3.64. The van der Waals surface area contributed by atoms with Crippen LogP contribution in [0.5, 0.6) is 23.0 Å². The zero-order valence-electron chi connectivity index (χ0n) is 25.5. The summed E-state index contributed by atoms with van der Waals surface area (Å²) in [6.07, 6.45) is -6.58. The number of fused-ring (bicyclic) bond motifs is 1. The number of aromatic hydroxyl groups is 1. The molecule has 5 rings (SSSR count). The van der Waals surface area contributed by atoms with E-state index in [1.165, 1.54) is 38.3 Å². The molecule has 13 nitrogen and oxygen atoms in total. The van der Waals surface area contributed by atoms with Gasteiger partial charge in [0, 0.05) is 18.2 Å². The average molecular weight is 659 g/mol. The van der Waals surface area contributed by atoms with Crippen molar-refractivity contribution in [3.05, 3.63) is 87.8 Å². The molecule has 6 N–H and O–H groups in total. The highest BCUT2D eigenvalue weighted by Gasteiger charge is 2.52. The Labute approximate surface area is 266 Å². The van der Waals surface area contributed by atoms with Crippen LogP contribution < -0.4 is 26.1 Å². The van der Waals surface area contributed by atoms with Crippen LogP contribution in [0.15, 0.2) is 63.8 Å². The molecule has 4 aromatic rings. The van der Waals surface area contributed by atoms with Crippen LogP contribution in [0.25, 0.3) is 11.0 Å². The summed E-state index contributed by atoms with van der Waals surface area (Å²) in [7, 11) is 1.38. The van der Waals surface area contributed by atoms with Gasteiger partial charge in [-0.1, -0.05) is 0 Å². The average Bonchev–Trinajstić information content (AvgIpc) is 3.01. The first-order valence-corrected chi connectivity index (χ1v) is 14.2. The van der Waals surface area contributed by atoms with Gasteiger partial charge >= 0.3 is 5.63 Å². The smallest absolute Gasteiger partial charge is 0.364 e. The van der Waals surface area contributed by atoms with E-state index in [4.69, 9.17) is 33.8 Å². The molecular formula is C32H32F2N2O11. The summed E-state index contributed by atoms with van der Waals surface area (Å²) in [4.78, 5) is 26.0. The predicted molar refractivity (Wildman–Crippen MR) is 161 cm³/mol. The van der Waals surface area contributed by atoms with Gasteiger partial charge in [0.1, 0.15) is 41.2 Å². The maximum absolute atomic E-state index is 14.4. The normalized spacial score (nSPS) is 21.3. The minimum absolute atomic E-state index is 0.0292. The van der Waals surface area contributed by atoms with Crippen LogP contribution in [0.4, 0.5) is 14.5 Å². The van der Waals surface area contributed by atoms with Crippen molar-refractivity contribution in [3.63, 3.8) is 0 Å². The van der Waals surface area contributed by atoms with Gasteiger partial charge in [-0.15, -0.1) is 0 Å². The number of amides is 1. The molecule has 3 aromatic carbocycles. The summed E-state index contributed by atoms with van der Waals surface area (Å²) in [6.45, 7) is 4.84. The number of anilines is 1. The molecule has 0 aliphatic carbocycles. The van der Waals surface area contributed by atoms with E-state index in [0.29, 0.717) is 0 Å². The quantitative estimate of drug-likeness (QED) is 0.130. The van der Waals surface area contributed by atoms with Gasteiger partial charge in [-0.25, -0.2) is 13.6 Å². The van der Waals surface area contributed by atoms with Crippen LogP contribution >= 0.6 is 0 Å². The van der Waals surface area contributed by atoms with E-state index in [2.05, 4.69) is 5.32 Å². The third-order valence-electron chi connectivity index (χ3n) is 7.53. The van der Waals surface area contributed by atoms with Crippen molar-refractivity contribution in [3.8, 4) is 23.0 Å². The van der Waals surface area contributed by atoms with Crippen LogP contribution in [0, 0.1) is 18.6 Å². The minimum Gasteiger partial charge on any atom is -0.505 e. The number of benzene rings is 3. The first-order chi connectivity index (χ1) is 22.2. The second-order valence-electron chi connectivity index (χ2n) is 11.2. The lowest BCUT2D eigenvalue weighted by Gasteiger charge is -2.48. The number of aryl methyl sites for hydroxylation is 1. The number of halogens is 2. The second kappa shape index (κ2) is 13.2. The molecule has 1 amide bonds. The summed E-state index contributed by atoms with van der Waals surface area (Å²) >= 11 is 0. The van der Waals surface area contributed by atoms with Gasteiger partial charge in [0.25, 0.3) is 5.91 Å². The molecule has 1 aliphatic heterocycles. The molecule has 1 unspecified atom stereocenters. The highest BCUT2D eigenvalue weighted by atomic mass is 19.1. The van der Waals surface area contributed by atoms with E-state index in [0.717, 1.165) is 30.3 Å². The molecule has 5 atom stereocenters. The molecule has 250 valence electrons. The zero-order chi connectivity index (χ0) is 34.2. The van der Waals surface area contributed by atoms with E-state index in [-0.39, 0.29) is 39.3 Å². The van der Waals surface area contributed by atoms with Crippen molar-refractivity contribution in [2.45, 2.75) is 57.4 Å². The van der Waals surface area contributed by atoms with Crippen LogP contribution in [0.2, 0.25) is 0 Å². The number of ether oxygens (including phenoxy) is 5. The maximum atomic E-state index is 14.4. The van der Waals surface area contributed by atoms with Crippen molar-refractivity contribution in [2.24, 2.45) is 5.73 Å². The lowest BCUT2D eigenvalue weighted by atomic mass is 9.89. The molecule has 1 saturated heterocycles. The Kier molecular flexibility index (Phi) is 9.49. The van der Waals surface area contributed by atoms with Gasteiger partial charge in [-0.2, -0.15) is 0 Å². The highest BCUT2D eigenvalue weighted by Crippen LogP contribution is 2.39. The molecule has 2 heterocycles. The molecule has 1 aliphatic rings. The number of hydrogen-bond donors (Lipinski definition) is 5. The number of nitrogens with two attached hydrogens (primary N) is 1. The minimum atomic E-state index is -1.73. The SMILES string of the molecule is CO[C@@H]1[C@@H](OC(N)O)[C@@H](O)[C@H](Oc2ccc3c(O)c(NC(=O)c4ccc(F)c(Oc5ccc(F)cc5)c4)c(=O)oc3c2C)OC1(C)C. The fourth-order valence-corrected chi connectivity index (χ4v) is 5.26. The molecule has 47 heavy (non-hydrogen) atoms. The zero-order valence-corrected chi connectivity index (χ0v) is 25.5. The Morgan fingerprint density at radius 1 is 1.09 bits per heavy atom. The van der Waals surface area contributed by atoms with E-state index >= 15 is 0 Å². The second-order valence-corrected chi connectivity index (χ2v) is 11.2. The molecule has 1 fully saturated rings. The number of methoxy groups -OCH3 is 1. The Bertz CT molecular complexity index is 1850. The molecule has 0 bridgehead atoms. The number of hydrogen-bond acceptors (Lipinski definition) is 12. The lowest BCUT2D eigenvalue weighted by Crippen LogP contribution is -2.65. The van der Waals surface area contributed by atoms with E-state index in [1.54, 1.807) is 13.8 Å². The van der Waals surface area contributed by atoms with Crippen molar-refractivity contribution in [2.75, 3.05) is 12.4 Å². The van der Waals surface area contributed by atoms with Crippen molar-refractivity contribution in [1.82, 2.24) is 0 Å². The largest absolute Gasteiger partial charge is 0.505 e. The molecule has 1 aromatic heterocycles. The first-order valence-electron chi connectivity index (χ1n) is 14.2. The van der Waals surface area contributed by atoms with Gasteiger partial charge in [-0.3, -0.25) is 10.5 Å². The summed E-state index contributed by atoms with van der Waals surface area (Å²) in [5.74, 6) is -2.97. The van der Waals surface area contributed by atoms with Gasteiger partial charge < -0.3 is 48.7 Å². The summed E-state index contributed by atoms with van der Waals surface area (Å²) in [5, 5.41) is 33.9. The van der Waals surface area contributed by atoms with E-state index in [1.807, 2.05) is 0 Å². The third-order valence-corrected chi connectivity index (χ3v) is 7.53. The number of aliphatic hydroxyl groups excluding tert-OH is 2. The maximum Gasteiger partial charge on any atom is 0.364 e. The Balaban J connectivity index is 1.40. The first kappa shape index (κ1) is 33.7. The summed E-state index contributed by atoms with van der Waals surface area (Å²) < 4.78 is 61.1. The van der Waals surface area contributed by atoms with Crippen molar-refractivity contribution in [1.29, 1.82) is 0 Å². The number of rotatable bonds is 9. The topological polar surface area (TPSA) is 192 Å². The van der Waals surface area contributed by atoms with E-state index in [9.17, 15) is 33.7 Å². The molecule has 15 heteroatoms. The number of aliphatic hydroxyl groups is 2. The lowest BCUT2D eigenvalue weighted by molar-refractivity contribution is -0.329. The van der Waals surface area contributed by atoms with Gasteiger partial charge in [0.15, 0.2) is 23.0 Å². The highest BCUT2D eigenvalue weighted by molar-refractivity contribution is 6.06. The summed E-state index contributed by atoms with van der Waals surface area (Å²) in [6, 6.07) is 10.7. The summed E-state index contributed by atoms with van der Waals surface area (Å²) in [5.41, 5.74) is 2.61. The molecule has 0 saturated carbocycles. The third kappa shape index (κ3) is 6.90. The Morgan fingerprint density at radius 2 is 1.79 bits per heavy atom. The fourth-order valence-electron chi connectivity index (χ4n) is 5.26. The monoisotopic (exact) mass is 658 g/mol. The van der Waals surface area contributed by atoms with Gasteiger partial charge in [0.05, 0.1) is 11.0 Å². The number of nitrogens with one attached hydrogen (secondary N) is 1. The van der Waals surface area contributed by atoms with Crippen molar-refractivity contribution < 1.29 is 57.0 Å². The Hall–Kier alpha value is -4.64. The standard InChI is InChI=1S/C32H32F2N2O11/c1-14-20(44-30-24(38)26(46-31(35)41)27(42-4)32(2,3)47-30)12-10-18-23(37)22(29(40)45-25(14)18)36-28(39)15-5-11-19(34)21(13-15)43-17-8-6-16(33)7-9-17/h5-13,24,26-27,30-31,37-38,41H,35H2,1-4H3,(H,36,39)/t24-,26+,27-,30-,31?/m1/s1. The van der Waals surface area contributed by atoms with Crippen LogP contribution in [0.3, 0.4) is 0 Å². The number of carbonyl (C=O) groups is 1. The van der Waals surface area contributed by atoms with Crippen LogP contribution in [-0.4, -0.2) is 65.0 Å². The van der Waals surface area contributed by atoms with E-state index < -0.39 is 71.2 Å². The molecule has 0 spiro atoms. The molecular weight excluding hydrogens is 626 g/mol. The van der Waals surface area contributed by atoms with Gasteiger partial charge in [0.2, 0.25) is 12.7 Å².